The lowest BCUT2D eigenvalue weighted by Gasteiger charge is -2.25. The fourth-order valence-corrected chi connectivity index (χ4v) is 3.34. The second kappa shape index (κ2) is 9.13. The number of ether oxygens (including phenoxy) is 1. The van der Waals surface area contributed by atoms with Crippen LogP contribution in [0.15, 0.2) is 45.6 Å². The summed E-state index contributed by atoms with van der Waals surface area (Å²) in [5.41, 5.74) is -0.664. The number of methoxy groups -OCH3 is 1. The molecule has 0 bridgehead atoms. The van der Waals surface area contributed by atoms with Gasteiger partial charge in [-0.3, -0.25) is 14.7 Å². The lowest BCUT2D eigenvalue weighted by molar-refractivity contribution is -0.122. The van der Waals surface area contributed by atoms with Gasteiger partial charge in [0.25, 0.3) is 0 Å². The molecule has 0 aliphatic heterocycles. The molecule has 0 saturated heterocycles. The number of aromatic amines is 1. The number of carbonyl (C=O) groups is 1. The topological polar surface area (TPSA) is 130 Å². The predicted molar refractivity (Wildman–Crippen MR) is 113 cm³/mol. The number of H-pyrrole nitrogens is 1. The third-order valence-electron chi connectivity index (χ3n) is 4.79. The molecular formula is C22H26N4O5. The van der Waals surface area contributed by atoms with Crippen LogP contribution < -0.4 is 10.7 Å². The van der Waals surface area contributed by atoms with E-state index in [1.165, 1.54) is 6.07 Å². The Balaban J connectivity index is 1.86. The van der Waals surface area contributed by atoms with Gasteiger partial charge in [0.1, 0.15) is 18.4 Å². The van der Waals surface area contributed by atoms with Crippen molar-refractivity contribution in [1.29, 1.82) is 0 Å². The van der Waals surface area contributed by atoms with Crippen molar-refractivity contribution in [2.45, 2.75) is 45.3 Å². The summed E-state index contributed by atoms with van der Waals surface area (Å²) < 4.78 is 10.7. The van der Waals surface area contributed by atoms with E-state index in [1.54, 1.807) is 27.9 Å². The van der Waals surface area contributed by atoms with Crippen LogP contribution in [0.3, 0.4) is 0 Å². The van der Waals surface area contributed by atoms with Crippen LogP contribution in [-0.2, 0) is 21.6 Å². The number of aromatic nitrogens is 3. The number of aryl methyl sites for hydroxylation is 1. The molecule has 0 fully saturated rings. The maximum absolute atomic E-state index is 13.0. The number of nitrogens with one attached hydrogen (secondary N) is 2. The van der Waals surface area contributed by atoms with Gasteiger partial charge in [-0.15, -0.1) is 0 Å². The molecule has 0 saturated carbocycles. The van der Waals surface area contributed by atoms with Crippen LogP contribution in [0.2, 0.25) is 0 Å². The Morgan fingerprint density at radius 1 is 1.32 bits per heavy atom. The number of hydrogen-bond donors (Lipinski definition) is 3. The SMILES string of the molecule is COCc1nc(C(NC(=O)CC(C)(C)c2oc(C)cc(=O)c2O)c2ccccc2)n[nH]1. The summed E-state index contributed by atoms with van der Waals surface area (Å²) in [5, 5.41) is 20.2. The maximum Gasteiger partial charge on any atom is 0.227 e. The van der Waals surface area contributed by atoms with E-state index in [4.69, 9.17) is 9.15 Å². The molecule has 0 aliphatic carbocycles. The first-order chi connectivity index (χ1) is 14.7. The molecular weight excluding hydrogens is 400 g/mol. The van der Waals surface area contributed by atoms with Crippen LogP contribution in [0.5, 0.6) is 5.75 Å². The summed E-state index contributed by atoms with van der Waals surface area (Å²) >= 11 is 0. The van der Waals surface area contributed by atoms with Gasteiger partial charge in [-0.2, -0.15) is 5.10 Å². The molecule has 1 unspecified atom stereocenters. The van der Waals surface area contributed by atoms with Crippen LogP contribution in [0.1, 0.15) is 55.0 Å². The zero-order chi connectivity index (χ0) is 22.6. The largest absolute Gasteiger partial charge is 0.502 e. The molecule has 1 amide bonds. The standard InChI is InChI=1S/C22H26N4O5/c1-13-10-15(27)19(29)20(31-13)22(2,3)11-17(28)24-18(14-8-6-5-7-9-14)21-23-16(12-30-4)25-26-21/h5-10,18,29H,11-12H2,1-4H3,(H,24,28)(H,23,25,26). The average molecular weight is 426 g/mol. The third-order valence-corrected chi connectivity index (χ3v) is 4.79. The molecule has 0 aliphatic rings. The fourth-order valence-electron chi connectivity index (χ4n) is 3.34. The molecule has 3 rings (SSSR count). The van der Waals surface area contributed by atoms with E-state index in [0.29, 0.717) is 17.4 Å². The van der Waals surface area contributed by atoms with E-state index in [2.05, 4.69) is 20.5 Å². The van der Waals surface area contributed by atoms with Crippen molar-refractivity contribution in [3.63, 3.8) is 0 Å². The average Bonchev–Trinajstić information content (AvgIpc) is 3.17. The highest BCUT2D eigenvalue weighted by Gasteiger charge is 2.33. The Hall–Kier alpha value is -3.46. The Kier molecular flexibility index (Phi) is 6.55. The molecule has 3 N–H and O–H groups in total. The monoisotopic (exact) mass is 426 g/mol. The van der Waals surface area contributed by atoms with E-state index < -0.39 is 22.6 Å². The molecule has 0 radical (unpaired) electrons. The highest BCUT2D eigenvalue weighted by Crippen LogP contribution is 2.33. The number of aromatic hydroxyl groups is 1. The zero-order valence-electron chi connectivity index (χ0n) is 17.9. The quantitative estimate of drug-likeness (QED) is 0.504. The Bertz CT molecular complexity index is 1100. The van der Waals surface area contributed by atoms with Crippen molar-refractivity contribution in [3.05, 3.63) is 75.4 Å². The van der Waals surface area contributed by atoms with E-state index in [1.807, 2.05) is 30.3 Å². The summed E-state index contributed by atoms with van der Waals surface area (Å²) in [6.07, 6.45) is -0.0361. The predicted octanol–water partition coefficient (Wildman–Crippen LogP) is 2.49. The molecule has 164 valence electrons. The van der Waals surface area contributed by atoms with Crippen LogP contribution in [-0.4, -0.2) is 33.3 Å². The second-order valence-electron chi connectivity index (χ2n) is 7.94. The first kappa shape index (κ1) is 22.2. The molecule has 2 aromatic heterocycles. The van der Waals surface area contributed by atoms with Crippen LogP contribution >= 0.6 is 0 Å². The third kappa shape index (κ3) is 5.18. The van der Waals surface area contributed by atoms with E-state index in [-0.39, 0.29) is 24.7 Å². The summed E-state index contributed by atoms with van der Waals surface area (Å²) in [7, 11) is 1.56. The second-order valence-corrected chi connectivity index (χ2v) is 7.94. The molecule has 1 aromatic carbocycles. The van der Waals surface area contributed by atoms with Gasteiger partial charge in [-0.05, 0) is 12.5 Å². The smallest absolute Gasteiger partial charge is 0.227 e. The first-order valence-corrected chi connectivity index (χ1v) is 9.80. The molecule has 31 heavy (non-hydrogen) atoms. The number of hydrogen-bond acceptors (Lipinski definition) is 7. The summed E-state index contributed by atoms with van der Waals surface area (Å²) in [6, 6.07) is 9.96. The Morgan fingerprint density at radius 2 is 2.03 bits per heavy atom. The van der Waals surface area contributed by atoms with E-state index >= 15 is 0 Å². The van der Waals surface area contributed by atoms with Crippen LogP contribution in [0, 0.1) is 6.92 Å². The van der Waals surface area contributed by atoms with Crippen LogP contribution in [0.4, 0.5) is 0 Å². The number of benzene rings is 1. The van der Waals surface area contributed by atoms with Crippen molar-refractivity contribution >= 4 is 5.91 Å². The molecule has 2 heterocycles. The minimum absolute atomic E-state index is 0.0361. The number of carbonyl (C=O) groups excluding carboxylic acids is 1. The van der Waals surface area contributed by atoms with Gasteiger partial charge in [-0.25, -0.2) is 4.98 Å². The number of nitrogens with zero attached hydrogens (tertiary/aromatic N) is 2. The molecule has 1 atom stereocenters. The zero-order valence-corrected chi connectivity index (χ0v) is 17.9. The summed E-state index contributed by atoms with van der Waals surface area (Å²) in [4.78, 5) is 29.4. The van der Waals surface area contributed by atoms with E-state index in [0.717, 1.165) is 5.56 Å². The summed E-state index contributed by atoms with van der Waals surface area (Å²) in [6.45, 7) is 5.34. The highest BCUT2D eigenvalue weighted by molar-refractivity contribution is 5.78. The van der Waals surface area contributed by atoms with Gasteiger partial charge in [0.05, 0.1) is 0 Å². The lowest BCUT2D eigenvalue weighted by atomic mass is 9.85. The minimum Gasteiger partial charge on any atom is -0.502 e. The molecule has 0 spiro atoms. The van der Waals surface area contributed by atoms with E-state index in [9.17, 15) is 14.7 Å². The van der Waals surface area contributed by atoms with Gasteiger partial charge in [0, 0.05) is 25.0 Å². The van der Waals surface area contributed by atoms with Crippen LogP contribution in [0.25, 0.3) is 0 Å². The number of amides is 1. The van der Waals surface area contributed by atoms with Gasteiger partial charge in [0.15, 0.2) is 17.4 Å². The maximum atomic E-state index is 13.0. The van der Waals surface area contributed by atoms with Crippen molar-refractivity contribution < 1.29 is 19.1 Å². The Morgan fingerprint density at radius 3 is 2.71 bits per heavy atom. The molecule has 9 nitrogen and oxygen atoms in total. The number of rotatable bonds is 8. The van der Waals surface area contributed by atoms with Gasteiger partial charge < -0.3 is 19.6 Å². The van der Waals surface area contributed by atoms with Crippen molar-refractivity contribution in [2.75, 3.05) is 7.11 Å². The molecule has 3 aromatic rings. The minimum atomic E-state index is -0.930. The summed E-state index contributed by atoms with van der Waals surface area (Å²) in [5.74, 6) is 0.569. The van der Waals surface area contributed by atoms with Crippen molar-refractivity contribution in [3.8, 4) is 5.75 Å². The van der Waals surface area contributed by atoms with Gasteiger partial charge in [0.2, 0.25) is 17.1 Å². The lowest BCUT2D eigenvalue weighted by Crippen LogP contribution is -2.35. The first-order valence-electron chi connectivity index (χ1n) is 9.80. The Labute approximate surface area is 179 Å². The van der Waals surface area contributed by atoms with Crippen molar-refractivity contribution in [2.24, 2.45) is 0 Å². The fraction of sp³-hybridized carbons (Fsp3) is 0.364. The van der Waals surface area contributed by atoms with Crippen molar-refractivity contribution in [1.82, 2.24) is 20.5 Å². The van der Waals surface area contributed by atoms with Gasteiger partial charge >= 0.3 is 0 Å². The molecule has 9 heteroatoms. The van der Waals surface area contributed by atoms with Gasteiger partial charge in [-0.1, -0.05) is 44.2 Å². The normalized spacial score (nSPS) is 12.5. The highest BCUT2D eigenvalue weighted by atomic mass is 16.5.